The van der Waals surface area contributed by atoms with Crippen molar-refractivity contribution in [2.24, 2.45) is 0 Å². The van der Waals surface area contributed by atoms with Crippen LogP contribution in [-0.2, 0) is 25.9 Å². The van der Waals surface area contributed by atoms with Crippen molar-refractivity contribution < 1.29 is 0 Å². The van der Waals surface area contributed by atoms with Crippen LogP contribution in [0.2, 0.25) is 30.1 Å². The zero-order chi connectivity index (χ0) is 75.6. The van der Waals surface area contributed by atoms with Gasteiger partial charge in [-0.1, -0.05) is 167 Å². The Bertz CT molecular complexity index is 4450. The van der Waals surface area contributed by atoms with Gasteiger partial charge in [0.05, 0.1) is 21.4 Å². The Morgan fingerprint density at radius 3 is 1.01 bits per heavy atom. The summed E-state index contributed by atoms with van der Waals surface area (Å²) in [6.45, 7) is 14.9. The molecule has 12 aromatic rings. The lowest BCUT2D eigenvalue weighted by molar-refractivity contribution is 0.876. The van der Waals surface area contributed by atoms with Gasteiger partial charge in [0.1, 0.15) is 0 Å². The number of hydrogen-bond donors (Lipinski definition) is 15. The van der Waals surface area contributed by atoms with E-state index in [1.165, 1.54) is 0 Å². The zero-order valence-electron chi connectivity index (χ0n) is 60.3. The fourth-order valence-corrected chi connectivity index (χ4v) is 9.85. The maximum atomic E-state index is 6.09. The van der Waals surface area contributed by atoms with Crippen molar-refractivity contribution >= 4 is 152 Å². The molecule has 0 aliphatic rings. The second-order valence-corrected chi connectivity index (χ2v) is 26.6. The molecule has 6 heterocycles. The van der Waals surface area contributed by atoms with Crippen LogP contribution in [0.25, 0.3) is 0 Å². The molecule has 30 nitrogen and oxygen atoms in total. The van der Waals surface area contributed by atoms with Crippen LogP contribution in [0.15, 0.2) is 146 Å². The summed E-state index contributed by atoms with van der Waals surface area (Å²) < 4.78 is 0. The number of anilines is 14. The Labute approximate surface area is 641 Å². The number of benzene rings is 6. The van der Waals surface area contributed by atoms with E-state index in [9.17, 15) is 0 Å². The Morgan fingerprint density at radius 1 is 0.305 bits per heavy atom. The number of H-pyrrole nitrogens is 6. The van der Waals surface area contributed by atoms with Crippen molar-refractivity contribution in [2.75, 3.05) is 118 Å². The minimum Gasteiger partial charge on any atom is -0.354 e. The first kappa shape index (κ1) is 81.8. The third kappa shape index (κ3) is 29.3. The van der Waals surface area contributed by atoms with Gasteiger partial charge in [0, 0.05) is 107 Å². The largest absolute Gasteiger partial charge is 0.354 e. The topological polar surface area (TPSA) is 367 Å². The lowest BCUT2D eigenvalue weighted by atomic mass is 10.1. The van der Waals surface area contributed by atoms with Crippen molar-refractivity contribution in [3.05, 3.63) is 198 Å². The van der Waals surface area contributed by atoms with E-state index in [0.29, 0.717) is 113 Å². The summed E-state index contributed by atoms with van der Waals surface area (Å²) in [4.78, 5) is 31.0. The monoisotopic (exact) mass is 1550 g/mol. The van der Waals surface area contributed by atoms with E-state index in [1.807, 2.05) is 244 Å². The highest BCUT2D eigenvalue weighted by Gasteiger charge is 2.12. The molecule has 0 bridgehead atoms. The fourth-order valence-electron chi connectivity index (χ4n) is 8.61. The molecule has 6 aromatic heterocycles. The number of para-hydroxylation sites is 2. The van der Waals surface area contributed by atoms with E-state index in [2.05, 4.69) is 139 Å². The average Bonchev–Trinajstić information content (AvgIpc) is 1.86. The van der Waals surface area contributed by atoms with Gasteiger partial charge >= 0.3 is 0 Å². The Balaban J connectivity index is 0.000000176. The summed E-state index contributed by atoms with van der Waals surface area (Å²) in [7, 11) is 11.3. The maximum Gasteiger partial charge on any atom is 0.245 e. The number of aromatic amines is 6. The van der Waals surface area contributed by atoms with Crippen LogP contribution in [0.5, 0.6) is 0 Å². The molecule has 0 spiro atoms. The number of nitrogens with zero attached hydrogens (tertiary/aromatic N) is 15. The summed E-state index contributed by atoms with van der Waals surface area (Å²) in [6, 6.07) is 46.9. The van der Waals surface area contributed by atoms with Gasteiger partial charge in [0.2, 0.25) is 71.4 Å². The molecule has 15 N–H and O–H groups in total. The van der Waals surface area contributed by atoms with E-state index >= 15 is 0 Å². The summed E-state index contributed by atoms with van der Waals surface area (Å²) in [6.07, 6.45) is 1.68. The van der Waals surface area contributed by atoms with Gasteiger partial charge in [-0.2, -0.15) is 29.9 Å². The van der Waals surface area contributed by atoms with Crippen LogP contribution < -0.4 is 62.6 Å². The molecule has 0 fully saturated rings. The quantitative estimate of drug-likeness (QED) is 0.0227. The lowest BCUT2D eigenvalue weighted by Crippen LogP contribution is -2.11. The van der Waals surface area contributed by atoms with Crippen LogP contribution in [0.1, 0.15) is 63.8 Å². The minimum atomic E-state index is 0.291. The van der Waals surface area contributed by atoms with Crippen molar-refractivity contribution in [2.45, 2.75) is 85.6 Å². The van der Waals surface area contributed by atoms with Crippen LogP contribution in [0.4, 0.5) is 82.8 Å². The molecule has 558 valence electrons. The average molecular weight is 1550 g/mol. The number of nitrogens with one attached hydrogen (secondary N) is 15. The molecule has 0 aliphatic heterocycles. The van der Waals surface area contributed by atoms with E-state index in [1.54, 1.807) is 0 Å². The predicted octanol–water partition coefficient (Wildman–Crippen LogP) is 15.4. The standard InChI is InChI=1S/C13H18ClN5.2C12H16ClN5.2C11H14ClN5.C10H12ClN5/c1-9(2)16-13-17-12(18-19-13)15-8-7-10-5-3-4-6-11(10)14;1-18(2)12-15-11(16-17-12)14-8-7-9-5-3-4-6-10(9)13;1-8(2)15-12-16-11(17-18-12)14-7-9-5-3-4-6-10(9)13;1-17(2)11-14-10(15-16-11)13-7-8-5-3-4-6-9(8)12;1-7(2)13-10-15-11(17-16-10)14-9-6-4-3-5-8(9)12;1-16(2)10-13-9(14-15-10)12-8-6-4-3-5-7(8)11/h3-6,9H,7-8H2,1-2H3,(H3,15,16,17,18,19);3-6H,7-8H2,1-2H3,(H2,14,15,16,17);3-6,8H,7H2,1-2H3,(H3,14,15,16,17,18);3-6H,7H2,1-2H3,(H2,13,14,15,16);3-7H,1-2H3,(H3,13,14,15,16,17);3-6H,1-2H3,(H2,12,13,14,15). The number of aromatic nitrogens is 18. The molecule has 105 heavy (non-hydrogen) atoms. The van der Waals surface area contributed by atoms with Gasteiger partial charge in [0.25, 0.3) is 0 Å². The molecule has 0 aliphatic carbocycles. The van der Waals surface area contributed by atoms with Crippen LogP contribution in [0.3, 0.4) is 0 Å². The van der Waals surface area contributed by atoms with Crippen LogP contribution in [0, 0.1) is 0 Å². The number of hydrogen-bond acceptors (Lipinski definition) is 24. The smallest absolute Gasteiger partial charge is 0.245 e. The molecular weight excluding hydrogens is 1460 g/mol. The molecule has 0 atom stereocenters. The summed E-state index contributed by atoms with van der Waals surface area (Å²) >= 11 is 36.3. The lowest BCUT2D eigenvalue weighted by Gasteiger charge is -2.05. The highest BCUT2D eigenvalue weighted by Crippen LogP contribution is 2.26. The molecule has 0 radical (unpaired) electrons. The molecule has 0 unspecified atom stereocenters. The second kappa shape index (κ2) is 42.9. The molecule has 36 heteroatoms. The Hall–Kier alpha value is -10.5. The third-order valence-electron chi connectivity index (χ3n) is 13.7. The van der Waals surface area contributed by atoms with Gasteiger partial charge in [-0.25, -0.2) is 30.6 Å². The van der Waals surface area contributed by atoms with Crippen LogP contribution >= 0.6 is 69.6 Å². The van der Waals surface area contributed by atoms with E-state index < -0.39 is 0 Å². The zero-order valence-corrected chi connectivity index (χ0v) is 64.8. The Morgan fingerprint density at radius 2 is 0.610 bits per heavy atom. The molecule has 6 aromatic carbocycles. The van der Waals surface area contributed by atoms with Gasteiger partial charge in [-0.05, 0) is 125 Å². The van der Waals surface area contributed by atoms with Gasteiger partial charge in [-0.15, -0.1) is 30.6 Å². The SMILES string of the molecule is CC(C)Nc1n[nH]c(Nc2ccccc2Cl)n1.CC(C)Nc1nc(NCCc2ccccc2Cl)n[nH]1.CC(C)Nc1nc(NCc2ccccc2Cl)n[nH]1.CN(C)c1n[nH]c(NCCc2ccccc2Cl)n1.CN(C)c1n[nH]c(NCc2ccccc2Cl)n1.CN(C)c1n[nH]c(Nc2ccccc2Cl)n1. The van der Waals surface area contributed by atoms with Crippen molar-refractivity contribution in [1.29, 1.82) is 0 Å². The highest BCUT2D eigenvalue weighted by atomic mass is 35.5. The summed E-state index contributed by atoms with van der Waals surface area (Å²) in [5.74, 6) is 7.40. The molecule has 0 saturated carbocycles. The normalized spacial score (nSPS) is 10.5. The van der Waals surface area contributed by atoms with E-state index in [-0.39, 0.29) is 0 Å². The first-order valence-electron chi connectivity index (χ1n) is 33.2. The molecular formula is C69H90Cl6N30. The summed E-state index contributed by atoms with van der Waals surface area (Å²) in [5.41, 5.74) is 5.87. The van der Waals surface area contributed by atoms with Gasteiger partial charge in [-0.3, -0.25) is 0 Å². The van der Waals surface area contributed by atoms with Gasteiger partial charge in [0.15, 0.2) is 0 Å². The fraction of sp³-hybridized carbons (Fsp3) is 0.304. The minimum absolute atomic E-state index is 0.291. The molecule has 12 rings (SSSR count). The Kier molecular flexibility index (Phi) is 33.4. The van der Waals surface area contributed by atoms with Crippen molar-refractivity contribution in [3.63, 3.8) is 0 Å². The maximum absolute atomic E-state index is 6.09. The second-order valence-electron chi connectivity index (χ2n) is 24.2. The molecule has 0 amide bonds. The highest BCUT2D eigenvalue weighted by molar-refractivity contribution is 6.34. The van der Waals surface area contributed by atoms with E-state index in [0.717, 1.165) is 79.7 Å². The van der Waals surface area contributed by atoms with E-state index in [4.69, 9.17) is 69.6 Å². The van der Waals surface area contributed by atoms with Crippen molar-refractivity contribution in [1.82, 2.24) is 91.1 Å². The summed E-state index contributed by atoms with van der Waals surface area (Å²) in [5, 5.41) is 73.7. The first-order valence-corrected chi connectivity index (χ1v) is 35.5. The number of rotatable bonds is 27. The predicted molar refractivity (Wildman–Crippen MR) is 432 cm³/mol. The van der Waals surface area contributed by atoms with Crippen molar-refractivity contribution in [3.8, 4) is 0 Å². The molecule has 0 saturated heterocycles. The third-order valence-corrected chi connectivity index (χ3v) is 15.8. The van der Waals surface area contributed by atoms with Gasteiger partial charge < -0.3 is 62.6 Å². The number of halogens is 6. The van der Waals surface area contributed by atoms with Crippen LogP contribution in [-0.4, -0.2) is 165 Å². The first-order chi connectivity index (χ1) is 50.4.